The van der Waals surface area contributed by atoms with Crippen LogP contribution in [0.25, 0.3) is 0 Å². The molecule has 1 N–H and O–H groups in total. The van der Waals surface area contributed by atoms with Gasteiger partial charge in [0.05, 0.1) is 11.9 Å². The van der Waals surface area contributed by atoms with Gasteiger partial charge in [-0.25, -0.2) is 17.2 Å². The molecule has 2 rings (SSSR count). The molecular weight excluding hydrogens is 350 g/mol. The maximum atomic E-state index is 13.4. The van der Waals surface area contributed by atoms with Crippen LogP contribution in [0, 0.1) is 11.6 Å². The van der Waals surface area contributed by atoms with Crippen molar-refractivity contribution in [3.8, 4) is 0 Å². The summed E-state index contributed by atoms with van der Waals surface area (Å²) in [6, 6.07) is 9.48. The van der Waals surface area contributed by atoms with Crippen LogP contribution in [0.1, 0.15) is 12.5 Å². The second kappa shape index (κ2) is 7.60. The number of hydrogen-bond donors (Lipinski definition) is 1. The summed E-state index contributed by atoms with van der Waals surface area (Å²) in [5.41, 5.74) is 0.727. The summed E-state index contributed by atoms with van der Waals surface area (Å²) in [5, 5.41) is 2.59. The number of halogens is 2. The molecule has 0 heterocycles. The molecule has 0 aliphatic heterocycles. The van der Waals surface area contributed by atoms with Crippen molar-refractivity contribution in [3.63, 3.8) is 0 Å². The van der Waals surface area contributed by atoms with Gasteiger partial charge >= 0.3 is 0 Å². The molecule has 5 nitrogen and oxygen atoms in total. The van der Waals surface area contributed by atoms with E-state index in [-0.39, 0.29) is 12.2 Å². The normalized spacial score (nSPS) is 12.5. The van der Waals surface area contributed by atoms with Crippen LogP contribution in [-0.2, 0) is 21.4 Å². The molecule has 25 heavy (non-hydrogen) atoms. The van der Waals surface area contributed by atoms with Gasteiger partial charge in [-0.3, -0.25) is 9.10 Å². The number of sulfonamides is 1. The number of amides is 1. The molecule has 1 unspecified atom stereocenters. The first-order chi connectivity index (χ1) is 11.7. The molecule has 0 aliphatic carbocycles. The molecule has 0 bridgehead atoms. The van der Waals surface area contributed by atoms with E-state index in [0.29, 0.717) is 5.56 Å². The van der Waals surface area contributed by atoms with Crippen molar-refractivity contribution in [2.24, 2.45) is 0 Å². The van der Waals surface area contributed by atoms with Crippen LogP contribution in [0.5, 0.6) is 0 Å². The lowest BCUT2D eigenvalue weighted by molar-refractivity contribution is -0.122. The Balaban J connectivity index is 2.17. The first-order valence-electron chi connectivity index (χ1n) is 7.45. The van der Waals surface area contributed by atoms with Gasteiger partial charge in [-0.15, -0.1) is 0 Å². The predicted molar refractivity (Wildman–Crippen MR) is 91.4 cm³/mol. The highest BCUT2D eigenvalue weighted by atomic mass is 32.2. The molecule has 0 aliphatic rings. The van der Waals surface area contributed by atoms with E-state index in [1.807, 2.05) is 0 Å². The highest BCUT2D eigenvalue weighted by molar-refractivity contribution is 7.92. The number of nitrogens with zero attached hydrogens (tertiary/aromatic N) is 1. The molecule has 8 heteroatoms. The number of anilines is 1. The molecular formula is C17H18F2N2O3S. The van der Waals surface area contributed by atoms with Gasteiger partial charge in [0, 0.05) is 6.54 Å². The fourth-order valence-electron chi connectivity index (χ4n) is 2.36. The highest BCUT2D eigenvalue weighted by Crippen LogP contribution is 2.21. The van der Waals surface area contributed by atoms with Gasteiger partial charge in [0.25, 0.3) is 0 Å². The van der Waals surface area contributed by atoms with E-state index < -0.39 is 33.6 Å². The molecule has 0 saturated carbocycles. The standard InChI is InChI=1S/C17H18F2N2O3S/c1-12(17(22)20-11-13-6-8-14(18)9-7-13)21(25(2,23)24)16-5-3-4-15(19)10-16/h3-10,12H,11H2,1-2H3,(H,20,22). The molecule has 0 fully saturated rings. The van der Waals surface area contributed by atoms with Crippen LogP contribution in [0.2, 0.25) is 0 Å². The molecule has 2 aromatic rings. The lowest BCUT2D eigenvalue weighted by Crippen LogP contribution is -2.47. The van der Waals surface area contributed by atoms with Crippen molar-refractivity contribution in [1.82, 2.24) is 5.32 Å². The third kappa shape index (κ3) is 4.99. The highest BCUT2D eigenvalue weighted by Gasteiger charge is 2.29. The summed E-state index contributed by atoms with van der Waals surface area (Å²) in [7, 11) is -3.81. The van der Waals surface area contributed by atoms with Crippen molar-refractivity contribution >= 4 is 21.6 Å². The van der Waals surface area contributed by atoms with E-state index in [9.17, 15) is 22.0 Å². The van der Waals surface area contributed by atoms with Crippen LogP contribution in [0.3, 0.4) is 0 Å². The van der Waals surface area contributed by atoms with Crippen LogP contribution < -0.4 is 9.62 Å². The van der Waals surface area contributed by atoms with E-state index in [0.717, 1.165) is 16.6 Å². The Kier molecular flexibility index (Phi) is 5.73. The van der Waals surface area contributed by atoms with Crippen molar-refractivity contribution in [2.45, 2.75) is 19.5 Å². The second-order valence-electron chi connectivity index (χ2n) is 5.56. The number of carbonyl (C=O) groups is 1. The molecule has 1 amide bonds. The van der Waals surface area contributed by atoms with E-state index in [4.69, 9.17) is 0 Å². The molecule has 0 saturated heterocycles. The Bertz CT molecular complexity index is 854. The van der Waals surface area contributed by atoms with Crippen LogP contribution in [0.15, 0.2) is 48.5 Å². The topological polar surface area (TPSA) is 66.5 Å². The SMILES string of the molecule is CC(C(=O)NCc1ccc(F)cc1)N(c1cccc(F)c1)S(C)(=O)=O. The summed E-state index contributed by atoms with van der Waals surface area (Å²) in [4.78, 5) is 12.3. The lowest BCUT2D eigenvalue weighted by atomic mass is 10.2. The summed E-state index contributed by atoms with van der Waals surface area (Å²) >= 11 is 0. The van der Waals surface area contributed by atoms with Gasteiger partial charge in [0.1, 0.15) is 17.7 Å². The quantitative estimate of drug-likeness (QED) is 0.852. The monoisotopic (exact) mass is 368 g/mol. The van der Waals surface area contributed by atoms with Crippen molar-refractivity contribution in [2.75, 3.05) is 10.6 Å². The average Bonchev–Trinajstić information content (AvgIpc) is 2.53. The minimum Gasteiger partial charge on any atom is -0.350 e. The van der Waals surface area contributed by atoms with E-state index in [1.54, 1.807) is 0 Å². The molecule has 0 spiro atoms. The van der Waals surface area contributed by atoms with Crippen molar-refractivity contribution in [1.29, 1.82) is 0 Å². The first kappa shape index (κ1) is 18.9. The number of rotatable bonds is 6. The average molecular weight is 368 g/mol. The molecule has 134 valence electrons. The summed E-state index contributed by atoms with van der Waals surface area (Å²) in [5.74, 6) is -1.55. The summed E-state index contributed by atoms with van der Waals surface area (Å²) in [6.45, 7) is 1.52. The van der Waals surface area contributed by atoms with E-state index in [2.05, 4.69) is 5.32 Å². The zero-order valence-electron chi connectivity index (χ0n) is 13.7. The van der Waals surface area contributed by atoms with Crippen molar-refractivity contribution < 1.29 is 22.0 Å². The zero-order chi connectivity index (χ0) is 18.6. The van der Waals surface area contributed by atoms with Crippen LogP contribution >= 0.6 is 0 Å². The number of hydrogen-bond acceptors (Lipinski definition) is 3. The predicted octanol–water partition coefficient (Wildman–Crippen LogP) is 2.44. The summed E-state index contributed by atoms with van der Waals surface area (Å²) in [6.07, 6.45) is 0.946. The number of carbonyl (C=O) groups excluding carboxylic acids is 1. The number of benzene rings is 2. The Morgan fingerprint density at radius 3 is 2.32 bits per heavy atom. The number of nitrogens with one attached hydrogen (secondary N) is 1. The maximum Gasteiger partial charge on any atom is 0.243 e. The zero-order valence-corrected chi connectivity index (χ0v) is 14.6. The van der Waals surface area contributed by atoms with E-state index in [1.165, 1.54) is 49.4 Å². The second-order valence-corrected chi connectivity index (χ2v) is 7.42. The van der Waals surface area contributed by atoms with E-state index >= 15 is 0 Å². The Morgan fingerprint density at radius 2 is 1.76 bits per heavy atom. The van der Waals surface area contributed by atoms with Gasteiger partial charge in [-0.05, 0) is 42.8 Å². The maximum absolute atomic E-state index is 13.4. The fourth-order valence-corrected chi connectivity index (χ4v) is 3.53. The van der Waals surface area contributed by atoms with Gasteiger partial charge < -0.3 is 5.32 Å². The molecule has 2 aromatic carbocycles. The third-order valence-electron chi connectivity index (χ3n) is 3.53. The fraction of sp³-hybridized carbons (Fsp3) is 0.235. The van der Waals surface area contributed by atoms with Crippen LogP contribution in [0.4, 0.5) is 14.5 Å². The van der Waals surface area contributed by atoms with Gasteiger partial charge in [0.15, 0.2) is 0 Å². The Morgan fingerprint density at radius 1 is 1.12 bits per heavy atom. The van der Waals surface area contributed by atoms with Crippen LogP contribution in [-0.4, -0.2) is 26.6 Å². The molecule has 0 aromatic heterocycles. The van der Waals surface area contributed by atoms with Crippen molar-refractivity contribution in [3.05, 3.63) is 65.7 Å². The Labute approximate surface area is 145 Å². The van der Waals surface area contributed by atoms with Gasteiger partial charge in [0.2, 0.25) is 15.9 Å². The van der Waals surface area contributed by atoms with Gasteiger partial charge in [-0.2, -0.15) is 0 Å². The van der Waals surface area contributed by atoms with Gasteiger partial charge in [-0.1, -0.05) is 18.2 Å². The molecule has 0 radical (unpaired) electrons. The third-order valence-corrected chi connectivity index (χ3v) is 4.77. The molecule has 1 atom stereocenters. The minimum absolute atomic E-state index is 0.0620. The first-order valence-corrected chi connectivity index (χ1v) is 9.30. The minimum atomic E-state index is -3.81. The smallest absolute Gasteiger partial charge is 0.243 e. The summed E-state index contributed by atoms with van der Waals surface area (Å²) < 4.78 is 51.3. The largest absolute Gasteiger partial charge is 0.350 e. The Hall–Kier alpha value is -2.48. The lowest BCUT2D eigenvalue weighted by Gasteiger charge is -2.28.